The van der Waals surface area contributed by atoms with Gasteiger partial charge in [-0.15, -0.1) is 12.4 Å². The highest BCUT2D eigenvalue weighted by molar-refractivity contribution is 7.89. The zero-order valence-electron chi connectivity index (χ0n) is 11.3. The minimum absolute atomic E-state index is 0. The van der Waals surface area contributed by atoms with Gasteiger partial charge in [0.15, 0.2) is 0 Å². The van der Waals surface area contributed by atoms with Crippen LogP contribution in [0.3, 0.4) is 0 Å². The highest BCUT2D eigenvalue weighted by atomic mass is 35.5. The molecule has 10 heteroatoms. The third-order valence-electron chi connectivity index (χ3n) is 3.17. The zero-order chi connectivity index (χ0) is 15.7. The van der Waals surface area contributed by atoms with E-state index in [0.29, 0.717) is 19.0 Å². The van der Waals surface area contributed by atoms with Crippen LogP contribution in [0.15, 0.2) is 23.1 Å². The Morgan fingerprint density at radius 3 is 2.55 bits per heavy atom. The van der Waals surface area contributed by atoms with Crippen molar-refractivity contribution in [2.45, 2.75) is 30.0 Å². The second-order valence-corrected chi connectivity index (χ2v) is 6.93. The van der Waals surface area contributed by atoms with Crippen LogP contribution >= 0.6 is 24.0 Å². The molecule has 0 unspecified atom stereocenters. The standard InChI is InChI=1S/C12H14ClF3N2O2S.ClH/c13-11-4-3-9(6-10(11)12(14,15)16)21(19,20)18-8-2-1-5-17-7-8;/h3-4,6,8,17-18H,1-2,5,7H2;1H/t8-;/m0./s1. The van der Waals surface area contributed by atoms with Crippen molar-refractivity contribution >= 4 is 34.0 Å². The largest absolute Gasteiger partial charge is 0.417 e. The SMILES string of the molecule is Cl.O=S(=O)(N[C@H]1CCCNC1)c1ccc(Cl)c(C(F)(F)F)c1. The molecule has 1 fully saturated rings. The maximum atomic E-state index is 12.8. The number of benzene rings is 1. The number of hydrogen-bond acceptors (Lipinski definition) is 3. The van der Waals surface area contributed by atoms with E-state index < -0.39 is 31.7 Å². The molecule has 1 heterocycles. The fourth-order valence-corrected chi connectivity index (χ4v) is 3.65. The molecular weight excluding hydrogens is 364 g/mol. The van der Waals surface area contributed by atoms with E-state index in [4.69, 9.17) is 11.6 Å². The van der Waals surface area contributed by atoms with Crippen LogP contribution < -0.4 is 10.0 Å². The molecule has 4 nitrogen and oxygen atoms in total. The van der Waals surface area contributed by atoms with Crippen molar-refractivity contribution in [3.8, 4) is 0 Å². The van der Waals surface area contributed by atoms with Crippen LogP contribution in [0, 0.1) is 0 Å². The molecule has 0 bridgehead atoms. The summed E-state index contributed by atoms with van der Waals surface area (Å²) >= 11 is 5.48. The Morgan fingerprint density at radius 2 is 2.00 bits per heavy atom. The van der Waals surface area contributed by atoms with Crippen molar-refractivity contribution in [2.24, 2.45) is 0 Å². The maximum absolute atomic E-state index is 12.8. The quantitative estimate of drug-likeness (QED) is 0.849. The number of nitrogens with one attached hydrogen (secondary N) is 2. The number of rotatable bonds is 3. The minimum atomic E-state index is -4.70. The Labute approximate surface area is 137 Å². The lowest BCUT2D eigenvalue weighted by Crippen LogP contribution is -2.45. The van der Waals surface area contributed by atoms with E-state index in [2.05, 4.69) is 10.0 Å². The summed E-state index contributed by atoms with van der Waals surface area (Å²) in [7, 11) is -4.01. The molecule has 1 aromatic rings. The number of hydrogen-bond donors (Lipinski definition) is 2. The van der Waals surface area contributed by atoms with Crippen molar-refractivity contribution < 1.29 is 21.6 Å². The van der Waals surface area contributed by atoms with Gasteiger partial charge in [-0.1, -0.05) is 11.6 Å². The van der Waals surface area contributed by atoms with Gasteiger partial charge in [0.25, 0.3) is 0 Å². The first-order valence-corrected chi connectivity index (χ1v) is 8.16. The van der Waals surface area contributed by atoms with Crippen molar-refractivity contribution in [3.05, 3.63) is 28.8 Å². The van der Waals surface area contributed by atoms with E-state index in [1.807, 2.05) is 0 Å². The van der Waals surface area contributed by atoms with Crippen LogP contribution in [0.25, 0.3) is 0 Å². The molecular formula is C12H15Cl2F3N2O2S. The van der Waals surface area contributed by atoms with Crippen molar-refractivity contribution in [1.82, 2.24) is 10.0 Å². The molecule has 22 heavy (non-hydrogen) atoms. The molecule has 126 valence electrons. The maximum Gasteiger partial charge on any atom is 0.417 e. The molecule has 1 atom stereocenters. The zero-order valence-corrected chi connectivity index (χ0v) is 13.7. The highest BCUT2D eigenvalue weighted by Gasteiger charge is 2.34. The number of alkyl halides is 3. The highest BCUT2D eigenvalue weighted by Crippen LogP contribution is 2.35. The van der Waals surface area contributed by atoms with Gasteiger partial charge < -0.3 is 5.32 Å². The van der Waals surface area contributed by atoms with Crippen molar-refractivity contribution in [2.75, 3.05) is 13.1 Å². The molecule has 0 aromatic heterocycles. The second-order valence-electron chi connectivity index (χ2n) is 4.80. The fourth-order valence-electron chi connectivity index (χ4n) is 2.13. The normalized spacial score (nSPS) is 19.5. The van der Waals surface area contributed by atoms with Gasteiger partial charge in [-0.3, -0.25) is 0 Å². The summed E-state index contributed by atoms with van der Waals surface area (Å²) in [4.78, 5) is -0.440. The van der Waals surface area contributed by atoms with Crippen LogP contribution in [-0.4, -0.2) is 27.5 Å². The molecule has 1 aliphatic rings. The number of sulfonamides is 1. The Kier molecular flexibility index (Phi) is 6.52. The van der Waals surface area contributed by atoms with E-state index in [1.165, 1.54) is 0 Å². The molecule has 1 saturated heterocycles. The average Bonchev–Trinajstić information content (AvgIpc) is 2.38. The summed E-state index contributed by atoms with van der Waals surface area (Å²) in [5, 5.41) is 2.50. The van der Waals surface area contributed by atoms with Crippen LogP contribution in [0.5, 0.6) is 0 Å². The molecule has 0 aliphatic carbocycles. The van der Waals surface area contributed by atoms with Gasteiger partial charge in [0.1, 0.15) is 0 Å². The van der Waals surface area contributed by atoms with Crippen LogP contribution in [0.2, 0.25) is 5.02 Å². The first-order chi connectivity index (χ1) is 9.70. The summed E-state index contributed by atoms with van der Waals surface area (Å²) in [5.41, 5.74) is -1.16. The van der Waals surface area contributed by atoms with Gasteiger partial charge in [-0.05, 0) is 37.6 Å². The Hall–Kier alpha value is -0.540. The third-order valence-corrected chi connectivity index (χ3v) is 5.02. The third kappa shape index (κ3) is 4.73. The summed E-state index contributed by atoms with van der Waals surface area (Å²) in [6.07, 6.45) is -3.25. The van der Waals surface area contributed by atoms with Gasteiger partial charge in [0, 0.05) is 12.6 Å². The number of halogens is 5. The van der Waals surface area contributed by atoms with Gasteiger partial charge >= 0.3 is 6.18 Å². The molecule has 2 N–H and O–H groups in total. The Bertz CT molecular complexity index is 617. The van der Waals surface area contributed by atoms with Crippen LogP contribution in [0.4, 0.5) is 13.2 Å². The molecule has 1 aliphatic heterocycles. The van der Waals surface area contributed by atoms with Crippen LogP contribution in [-0.2, 0) is 16.2 Å². The Morgan fingerprint density at radius 1 is 1.32 bits per heavy atom. The number of piperidine rings is 1. The predicted molar refractivity (Wildman–Crippen MR) is 79.9 cm³/mol. The van der Waals surface area contributed by atoms with E-state index in [9.17, 15) is 21.6 Å². The lowest BCUT2D eigenvalue weighted by molar-refractivity contribution is -0.137. The topological polar surface area (TPSA) is 58.2 Å². The summed E-state index contributed by atoms with van der Waals surface area (Å²) in [6.45, 7) is 1.26. The lowest BCUT2D eigenvalue weighted by Gasteiger charge is -2.23. The second kappa shape index (κ2) is 7.35. The van der Waals surface area contributed by atoms with E-state index in [1.54, 1.807) is 0 Å². The molecule has 1 aromatic carbocycles. The van der Waals surface area contributed by atoms with Crippen molar-refractivity contribution in [1.29, 1.82) is 0 Å². The fraction of sp³-hybridized carbons (Fsp3) is 0.500. The predicted octanol–water partition coefficient (Wildman–Crippen LogP) is 2.81. The molecule has 0 spiro atoms. The van der Waals surface area contributed by atoms with Crippen LogP contribution in [0.1, 0.15) is 18.4 Å². The summed E-state index contributed by atoms with van der Waals surface area (Å²) in [5.74, 6) is 0. The smallest absolute Gasteiger partial charge is 0.315 e. The van der Waals surface area contributed by atoms with Gasteiger partial charge in [0.2, 0.25) is 10.0 Å². The molecule has 0 saturated carbocycles. The molecule has 0 amide bonds. The van der Waals surface area contributed by atoms with Gasteiger partial charge in [0.05, 0.1) is 15.5 Å². The van der Waals surface area contributed by atoms with E-state index in [0.717, 1.165) is 25.1 Å². The van der Waals surface area contributed by atoms with Crippen molar-refractivity contribution in [3.63, 3.8) is 0 Å². The molecule has 0 radical (unpaired) electrons. The molecule has 2 rings (SSSR count). The van der Waals surface area contributed by atoms with E-state index >= 15 is 0 Å². The minimum Gasteiger partial charge on any atom is -0.315 e. The first-order valence-electron chi connectivity index (χ1n) is 6.30. The first kappa shape index (κ1) is 19.5. The van der Waals surface area contributed by atoms with E-state index in [-0.39, 0.29) is 18.4 Å². The van der Waals surface area contributed by atoms with Gasteiger partial charge in [-0.2, -0.15) is 13.2 Å². The average molecular weight is 379 g/mol. The summed E-state index contributed by atoms with van der Waals surface area (Å²) in [6, 6.07) is 2.24. The monoisotopic (exact) mass is 378 g/mol. The van der Waals surface area contributed by atoms with Gasteiger partial charge in [-0.25, -0.2) is 13.1 Å². The lowest BCUT2D eigenvalue weighted by atomic mass is 10.1. The summed E-state index contributed by atoms with van der Waals surface area (Å²) < 4.78 is 65.0. The Balaban J connectivity index is 0.00000242.